The molecule has 1 aromatic rings. The highest BCUT2D eigenvalue weighted by molar-refractivity contribution is 8.00. The van der Waals surface area contributed by atoms with E-state index in [0.29, 0.717) is 22.2 Å². The molecule has 0 radical (unpaired) electrons. The minimum atomic E-state index is -0.617. The second-order valence-electron chi connectivity index (χ2n) is 6.60. The van der Waals surface area contributed by atoms with E-state index in [4.69, 9.17) is 9.47 Å². The number of carbonyl (C=O) groups excluding carboxylic acids is 2. The van der Waals surface area contributed by atoms with E-state index in [0.717, 1.165) is 10.5 Å². The van der Waals surface area contributed by atoms with Crippen LogP contribution in [0.15, 0.2) is 45.4 Å². The highest BCUT2D eigenvalue weighted by Crippen LogP contribution is 2.45. The van der Waals surface area contributed by atoms with E-state index in [1.807, 2.05) is 31.2 Å². The molecular weight excluding hydrogens is 350 g/mol. The maximum absolute atomic E-state index is 12.7. The molecule has 0 N–H and O–H groups in total. The van der Waals surface area contributed by atoms with Gasteiger partial charge in [-0.15, -0.1) is 11.8 Å². The topological polar surface area (TPSA) is 65.0 Å². The maximum atomic E-state index is 12.7. The Bertz CT molecular complexity index is 797. The van der Waals surface area contributed by atoms with Crippen LogP contribution in [0.25, 0.3) is 0 Å². The van der Waals surface area contributed by atoms with Crippen molar-refractivity contribution in [1.29, 1.82) is 0 Å². The van der Waals surface area contributed by atoms with Crippen molar-refractivity contribution in [2.75, 3.05) is 13.2 Å². The fraction of sp³-hybridized carbons (Fsp3) is 0.450. The average Bonchev–Trinajstić information content (AvgIpc) is 2.94. The first kappa shape index (κ1) is 18.7. The van der Waals surface area contributed by atoms with Crippen LogP contribution >= 0.6 is 11.8 Å². The van der Waals surface area contributed by atoms with Crippen molar-refractivity contribution in [1.82, 2.24) is 0 Å². The number of cyclic esters (lactones) is 1. The molecule has 0 fully saturated rings. The molecule has 2 unspecified atom stereocenters. The first-order chi connectivity index (χ1) is 12.4. The van der Waals surface area contributed by atoms with E-state index in [1.165, 1.54) is 0 Å². The molecule has 6 heteroatoms. The van der Waals surface area contributed by atoms with Crippen molar-refractivity contribution in [2.24, 2.45) is 10.9 Å². The van der Waals surface area contributed by atoms with Gasteiger partial charge in [0, 0.05) is 21.8 Å². The Kier molecular flexibility index (Phi) is 5.51. The average molecular weight is 373 g/mol. The maximum Gasteiger partial charge on any atom is 0.337 e. The SMILES string of the molecule is CCOC(=O)C1C(C)=NC2=C(C(=O)OC2)C1c1ccccc1SC(C)C. The number of benzene rings is 1. The van der Waals surface area contributed by atoms with Crippen molar-refractivity contribution in [3.05, 3.63) is 41.1 Å². The fourth-order valence-corrected chi connectivity index (χ4v) is 4.47. The number of ether oxygens (including phenoxy) is 2. The third-order valence-corrected chi connectivity index (χ3v) is 5.53. The molecule has 0 saturated heterocycles. The Hall–Kier alpha value is -2.08. The highest BCUT2D eigenvalue weighted by Gasteiger charge is 2.46. The zero-order chi connectivity index (χ0) is 18.8. The van der Waals surface area contributed by atoms with E-state index in [-0.39, 0.29) is 25.2 Å². The molecule has 138 valence electrons. The lowest BCUT2D eigenvalue weighted by molar-refractivity contribution is -0.146. The summed E-state index contributed by atoms with van der Waals surface area (Å²) in [6, 6.07) is 7.92. The molecule has 0 aliphatic carbocycles. The second kappa shape index (κ2) is 7.66. The van der Waals surface area contributed by atoms with Crippen LogP contribution in [0.5, 0.6) is 0 Å². The van der Waals surface area contributed by atoms with E-state index >= 15 is 0 Å². The number of esters is 2. The lowest BCUT2D eigenvalue weighted by Gasteiger charge is -2.30. The van der Waals surface area contributed by atoms with Crippen molar-refractivity contribution >= 4 is 29.4 Å². The molecule has 0 spiro atoms. The Morgan fingerprint density at radius 1 is 1.38 bits per heavy atom. The number of rotatable bonds is 5. The highest BCUT2D eigenvalue weighted by atomic mass is 32.2. The predicted octanol–water partition coefficient (Wildman–Crippen LogP) is 3.74. The van der Waals surface area contributed by atoms with Crippen LogP contribution in [-0.2, 0) is 19.1 Å². The molecule has 2 atom stereocenters. The van der Waals surface area contributed by atoms with Crippen LogP contribution in [0, 0.1) is 5.92 Å². The molecule has 1 aromatic carbocycles. The smallest absolute Gasteiger partial charge is 0.337 e. The first-order valence-corrected chi connectivity index (χ1v) is 9.69. The summed E-state index contributed by atoms with van der Waals surface area (Å²) in [7, 11) is 0. The third kappa shape index (κ3) is 3.43. The number of carbonyl (C=O) groups is 2. The zero-order valence-corrected chi connectivity index (χ0v) is 16.3. The number of thioether (sulfide) groups is 1. The van der Waals surface area contributed by atoms with Crippen LogP contribution in [0.4, 0.5) is 0 Å². The summed E-state index contributed by atoms with van der Waals surface area (Å²) in [5.41, 5.74) is 2.73. The summed E-state index contributed by atoms with van der Waals surface area (Å²) >= 11 is 1.72. The van der Waals surface area contributed by atoms with Gasteiger partial charge in [-0.3, -0.25) is 9.79 Å². The molecular formula is C20H23NO4S. The molecule has 2 aliphatic heterocycles. The standard InChI is InChI=1S/C20H23NO4S/c1-5-24-19(22)16-12(4)21-14-10-25-20(23)18(14)17(16)13-8-6-7-9-15(13)26-11(2)3/h6-9,11,16-17H,5,10H2,1-4H3. The largest absolute Gasteiger partial charge is 0.465 e. The monoisotopic (exact) mass is 373 g/mol. The van der Waals surface area contributed by atoms with E-state index < -0.39 is 11.8 Å². The van der Waals surface area contributed by atoms with Crippen LogP contribution in [0.2, 0.25) is 0 Å². The van der Waals surface area contributed by atoms with Gasteiger partial charge in [0.2, 0.25) is 0 Å². The first-order valence-electron chi connectivity index (χ1n) is 8.81. The lowest BCUT2D eigenvalue weighted by atomic mass is 9.76. The number of hydrogen-bond acceptors (Lipinski definition) is 6. The van der Waals surface area contributed by atoms with Crippen LogP contribution in [0.1, 0.15) is 39.2 Å². The van der Waals surface area contributed by atoms with Gasteiger partial charge < -0.3 is 9.47 Å². The molecule has 2 heterocycles. The molecule has 0 aromatic heterocycles. The summed E-state index contributed by atoms with van der Waals surface area (Å²) in [4.78, 5) is 30.7. The van der Waals surface area contributed by atoms with Gasteiger partial charge >= 0.3 is 11.9 Å². The van der Waals surface area contributed by atoms with Gasteiger partial charge in [-0.1, -0.05) is 32.0 Å². The molecule has 5 nitrogen and oxygen atoms in total. The molecule has 26 heavy (non-hydrogen) atoms. The van der Waals surface area contributed by atoms with Gasteiger partial charge in [0.05, 0.1) is 17.9 Å². The Balaban J connectivity index is 2.15. The number of aliphatic imine (C=N–C) groups is 1. The van der Waals surface area contributed by atoms with Crippen LogP contribution in [-0.4, -0.2) is 36.1 Å². The minimum Gasteiger partial charge on any atom is -0.465 e. The zero-order valence-electron chi connectivity index (χ0n) is 15.4. The molecule has 3 rings (SSSR count). The Labute approximate surface area is 157 Å². The van der Waals surface area contributed by atoms with Gasteiger partial charge in [0.25, 0.3) is 0 Å². The quantitative estimate of drug-likeness (QED) is 0.581. The summed E-state index contributed by atoms with van der Waals surface area (Å²) in [5, 5.41) is 0.375. The minimum absolute atomic E-state index is 0.164. The summed E-state index contributed by atoms with van der Waals surface area (Å²) < 4.78 is 10.5. The van der Waals surface area contributed by atoms with Gasteiger partial charge in [0.15, 0.2) is 0 Å². The van der Waals surface area contributed by atoms with Crippen LogP contribution < -0.4 is 0 Å². The molecule has 2 aliphatic rings. The summed E-state index contributed by atoms with van der Waals surface area (Å²) in [6.07, 6.45) is 0. The van der Waals surface area contributed by atoms with Gasteiger partial charge in [-0.05, 0) is 25.5 Å². The summed E-state index contributed by atoms with van der Waals surface area (Å²) in [6.45, 7) is 8.28. The molecule has 0 saturated carbocycles. The predicted molar refractivity (Wildman–Crippen MR) is 101 cm³/mol. The lowest BCUT2D eigenvalue weighted by Crippen LogP contribution is -2.35. The van der Waals surface area contributed by atoms with Gasteiger partial charge in [-0.25, -0.2) is 4.79 Å². The summed E-state index contributed by atoms with van der Waals surface area (Å²) in [5.74, 6) is -1.79. The Morgan fingerprint density at radius 2 is 2.12 bits per heavy atom. The number of hydrogen-bond donors (Lipinski definition) is 0. The van der Waals surface area contributed by atoms with E-state index in [2.05, 4.69) is 18.8 Å². The Morgan fingerprint density at radius 3 is 2.81 bits per heavy atom. The van der Waals surface area contributed by atoms with Crippen molar-refractivity contribution < 1.29 is 19.1 Å². The fourth-order valence-electron chi connectivity index (χ4n) is 3.47. The normalized spacial score (nSPS) is 22.2. The number of nitrogens with zero attached hydrogens (tertiary/aromatic N) is 1. The van der Waals surface area contributed by atoms with E-state index in [9.17, 15) is 9.59 Å². The molecule has 0 bridgehead atoms. The van der Waals surface area contributed by atoms with E-state index in [1.54, 1.807) is 18.7 Å². The third-order valence-electron chi connectivity index (χ3n) is 4.43. The van der Waals surface area contributed by atoms with Crippen molar-refractivity contribution in [3.8, 4) is 0 Å². The van der Waals surface area contributed by atoms with Crippen molar-refractivity contribution in [2.45, 2.75) is 43.8 Å². The van der Waals surface area contributed by atoms with Crippen LogP contribution in [0.3, 0.4) is 0 Å². The second-order valence-corrected chi connectivity index (χ2v) is 8.22. The van der Waals surface area contributed by atoms with Gasteiger partial charge in [0.1, 0.15) is 12.5 Å². The molecule has 0 amide bonds. The van der Waals surface area contributed by atoms with Crippen molar-refractivity contribution in [3.63, 3.8) is 0 Å². The van der Waals surface area contributed by atoms with Gasteiger partial charge in [-0.2, -0.15) is 0 Å².